The Balaban J connectivity index is 1.96. The average molecular weight is 259 g/mol. The van der Waals surface area contributed by atoms with Crippen molar-refractivity contribution in [3.63, 3.8) is 0 Å². The SMILES string of the molecule is C=CCCC(=O)Nc1ccc(N2CCNC2=O)cc1. The number of urea groups is 1. The number of benzene rings is 1. The summed E-state index contributed by atoms with van der Waals surface area (Å²) in [6.45, 7) is 4.92. The molecule has 1 aromatic rings. The van der Waals surface area contributed by atoms with Gasteiger partial charge in [0.25, 0.3) is 0 Å². The van der Waals surface area contributed by atoms with Crippen LogP contribution in [-0.4, -0.2) is 25.0 Å². The van der Waals surface area contributed by atoms with Gasteiger partial charge in [-0.15, -0.1) is 6.58 Å². The second-order valence-corrected chi connectivity index (χ2v) is 4.31. The number of hydrogen-bond donors (Lipinski definition) is 2. The summed E-state index contributed by atoms with van der Waals surface area (Å²) in [5.74, 6) is -0.0356. The summed E-state index contributed by atoms with van der Waals surface area (Å²) in [6.07, 6.45) is 2.81. The van der Waals surface area contributed by atoms with Crippen molar-refractivity contribution in [2.75, 3.05) is 23.3 Å². The van der Waals surface area contributed by atoms with Gasteiger partial charge in [-0.1, -0.05) is 6.08 Å². The van der Waals surface area contributed by atoms with E-state index in [1.807, 2.05) is 12.1 Å². The molecular weight excluding hydrogens is 242 g/mol. The number of hydrogen-bond acceptors (Lipinski definition) is 2. The molecule has 0 atom stereocenters. The molecule has 0 radical (unpaired) electrons. The minimum Gasteiger partial charge on any atom is -0.336 e. The van der Waals surface area contributed by atoms with Crippen LogP contribution >= 0.6 is 0 Å². The summed E-state index contributed by atoms with van der Waals surface area (Å²) in [5.41, 5.74) is 1.57. The first-order valence-electron chi connectivity index (χ1n) is 6.27. The van der Waals surface area contributed by atoms with Gasteiger partial charge in [-0.25, -0.2) is 4.79 Å². The molecule has 1 aromatic carbocycles. The lowest BCUT2D eigenvalue weighted by Crippen LogP contribution is -2.27. The molecule has 19 heavy (non-hydrogen) atoms. The third-order valence-electron chi connectivity index (χ3n) is 2.90. The van der Waals surface area contributed by atoms with Crippen molar-refractivity contribution >= 4 is 23.3 Å². The lowest BCUT2D eigenvalue weighted by atomic mass is 10.2. The fraction of sp³-hybridized carbons (Fsp3) is 0.286. The van der Waals surface area contributed by atoms with Crippen molar-refractivity contribution in [2.24, 2.45) is 0 Å². The van der Waals surface area contributed by atoms with Crippen molar-refractivity contribution in [3.8, 4) is 0 Å². The molecule has 5 heteroatoms. The Hall–Kier alpha value is -2.30. The molecule has 1 heterocycles. The maximum atomic E-state index is 11.5. The maximum absolute atomic E-state index is 11.5. The topological polar surface area (TPSA) is 61.4 Å². The predicted octanol–water partition coefficient (Wildman–Crippen LogP) is 2.12. The summed E-state index contributed by atoms with van der Waals surface area (Å²) in [4.78, 5) is 24.7. The molecule has 0 spiro atoms. The monoisotopic (exact) mass is 259 g/mol. The van der Waals surface area contributed by atoms with Crippen LogP contribution in [0.5, 0.6) is 0 Å². The molecule has 1 fully saturated rings. The van der Waals surface area contributed by atoms with Gasteiger partial charge in [0.2, 0.25) is 5.91 Å². The van der Waals surface area contributed by atoms with Gasteiger partial charge in [-0.05, 0) is 30.7 Å². The quantitative estimate of drug-likeness (QED) is 0.796. The number of nitrogens with zero attached hydrogens (tertiary/aromatic N) is 1. The van der Waals surface area contributed by atoms with Gasteiger partial charge in [-0.2, -0.15) is 0 Å². The van der Waals surface area contributed by atoms with E-state index < -0.39 is 0 Å². The van der Waals surface area contributed by atoms with E-state index >= 15 is 0 Å². The van der Waals surface area contributed by atoms with Crippen LogP contribution < -0.4 is 15.5 Å². The fourth-order valence-corrected chi connectivity index (χ4v) is 1.90. The van der Waals surface area contributed by atoms with Crippen LogP contribution in [0.1, 0.15) is 12.8 Å². The number of amides is 3. The Morgan fingerprint density at radius 3 is 2.74 bits per heavy atom. The van der Waals surface area contributed by atoms with E-state index in [1.54, 1.807) is 23.1 Å². The minimum absolute atomic E-state index is 0.0356. The number of anilines is 2. The van der Waals surface area contributed by atoms with Crippen molar-refractivity contribution in [1.29, 1.82) is 0 Å². The van der Waals surface area contributed by atoms with E-state index in [2.05, 4.69) is 17.2 Å². The van der Waals surface area contributed by atoms with Crippen molar-refractivity contribution in [3.05, 3.63) is 36.9 Å². The van der Waals surface area contributed by atoms with E-state index in [0.29, 0.717) is 25.9 Å². The van der Waals surface area contributed by atoms with Crippen LogP contribution in [0, 0.1) is 0 Å². The highest BCUT2D eigenvalue weighted by Crippen LogP contribution is 2.19. The summed E-state index contributed by atoms with van der Waals surface area (Å²) < 4.78 is 0. The molecule has 1 aliphatic rings. The smallest absolute Gasteiger partial charge is 0.321 e. The van der Waals surface area contributed by atoms with Gasteiger partial charge in [0.15, 0.2) is 0 Å². The van der Waals surface area contributed by atoms with E-state index in [4.69, 9.17) is 0 Å². The van der Waals surface area contributed by atoms with Gasteiger partial charge < -0.3 is 10.6 Å². The summed E-state index contributed by atoms with van der Waals surface area (Å²) in [5, 5.41) is 5.55. The third-order valence-corrected chi connectivity index (χ3v) is 2.90. The Kier molecular flexibility index (Phi) is 4.18. The molecule has 2 N–H and O–H groups in total. The van der Waals surface area contributed by atoms with E-state index in [0.717, 1.165) is 11.4 Å². The molecule has 100 valence electrons. The molecule has 2 rings (SSSR count). The fourth-order valence-electron chi connectivity index (χ4n) is 1.90. The Labute approximate surface area is 112 Å². The number of rotatable bonds is 5. The van der Waals surface area contributed by atoms with E-state index in [-0.39, 0.29) is 11.9 Å². The maximum Gasteiger partial charge on any atom is 0.321 e. The summed E-state index contributed by atoms with van der Waals surface area (Å²) in [7, 11) is 0. The van der Waals surface area contributed by atoms with Crippen LogP contribution in [0.4, 0.5) is 16.2 Å². The first-order valence-corrected chi connectivity index (χ1v) is 6.27. The van der Waals surface area contributed by atoms with Gasteiger partial charge in [0.1, 0.15) is 0 Å². The van der Waals surface area contributed by atoms with Crippen molar-refractivity contribution in [2.45, 2.75) is 12.8 Å². The molecule has 0 saturated carbocycles. The third kappa shape index (κ3) is 3.34. The normalized spacial score (nSPS) is 14.1. The molecule has 0 aromatic heterocycles. The standard InChI is InChI=1S/C14H17N3O2/c1-2-3-4-13(18)16-11-5-7-12(8-6-11)17-10-9-15-14(17)19/h2,5-8H,1,3-4,9-10H2,(H,15,19)(H,16,18). The largest absolute Gasteiger partial charge is 0.336 e. The van der Waals surface area contributed by atoms with Gasteiger partial charge in [0, 0.05) is 30.9 Å². The van der Waals surface area contributed by atoms with Crippen molar-refractivity contribution < 1.29 is 9.59 Å². The Morgan fingerprint density at radius 2 is 2.16 bits per heavy atom. The van der Waals surface area contributed by atoms with Gasteiger partial charge >= 0.3 is 6.03 Å². The highest BCUT2D eigenvalue weighted by Gasteiger charge is 2.20. The first-order chi connectivity index (χ1) is 9.20. The van der Waals surface area contributed by atoms with Crippen LogP contribution in [0.2, 0.25) is 0 Å². The molecule has 0 unspecified atom stereocenters. The Bertz CT molecular complexity index is 482. The van der Waals surface area contributed by atoms with E-state index in [1.165, 1.54) is 0 Å². The molecule has 0 aliphatic carbocycles. The number of allylic oxidation sites excluding steroid dienone is 1. The first kappa shape index (κ1) is 13.1. The van der Waals surface area contributed by atoms with E-state index in [9.17, 15) is 9.59 Å². The zero-order valence-corrected chi connectivity index (χ0v) is 10.7. The zero-order valence-electron chi connectivity index (χ0n) is 10.7. The second kappa shape index (κ2) is 6.04. The van der Waals surface area contributed by atoms with Gasteiger partial charge in [-0.3, -0.25) is 9.69 Å². The molecule has 5 nitrogen and oxygen atoms in total. The highest BCUT2D eigenvalue weighted by molar-refractivity contribution is 5.95. The van der Waals surface area contributed by atoms with Crippen molar-refractivity contribution in [1.82, 2.24) is 5.32 Å². The van der Waals surface area contributed by atoms with Crippen LogP contribution in [-0.2, 0) is 4.79 Å². The molecule has 1 saturated heterocycles. The highest BCUT2D eigenvalue weighted by atomic mass is 16.2. The number of carbonyl (C=O) groups is 2. The second-order valence-electron chi connectivity index (χ2n) is 4.31. The number of carbonyl (C=O) groups excluding carboxylic acids is 2. The molecular formula is C14H17N3O2. The lowest BCUT2D eigenvalue weighted by Gasteiger charge is -2.14. The summed E-state index contributed by atoms with van der Waals surface area (Å²) in [6, 6.07) is 7.17. The zero-order chi connectivity index (χ0) is 13.7. The molecule has 1 aliphatic heterocycles. The minimum atomic E-state index is -0.0808. The molecule has 0 bridgehead atoms. The Morgan fingerprint density at radius 1 is 1.42 bits per heavy atom. The molecule has 3 amide bonds. The number of nitrogens with one attached hydrogen (secondary N) is 2. The van der Waals surface area contributed by atoms with Gasteiger partial charge in [0.05, 0.1) is 0 Å². The van der Waals surface area contributed by atoms with Crippen LogP contribution in [0.15, 0.2) is 36.9 Å². The summed E-state index contributed by atoms with van der Waals surface area (Å²) >= 11 is 0. The van der Waals surface area contributed by atoms with Crippen LogP contribution in [0.25, 0.3) is 0 Å². The lowest BCUT2D eigenvalue weighted by molar-refractivity contribution is -0.116. The van der Waals surface area contributed by atoms with Crippen LogP contribution in [0.3, 0.4) is 0 Å². The average Bonchev–Trinajstić information content (AvgIpc) is 2.83. The predicted molar refractivity (Wildman–Crippen MR) is 75.2 cm³/mol.